The molecule has 120 valence electrons. The fraction of sp³-hybridized carbons (Fsp3) is 1.00. The average molecular weight is 298 g/mol. The molecule has 0 aliphatic carbocycles. The van der Waals surface area contributed by atoms with Gasteiger partial charge in [0.05, 0.1) is 0 Å². The van der Waals surface area contributed by atoms with Gasteiger partial charge in [0, 0.05) is 6.61 Å². The van der Waals surface area contributed by atoms with E-state index < -0.39 is 14.5 Å². The summed E-state index contributed by atoms with van der Waals surface area (Å²) in [5, 5.41) is 2.85. The molecule has 0 aliphatic heterocycles. The average Bonchev–Trinajstić information content (AvgIpc) is 2.46. The van der Waals surface area contributed by atoms with Crippen LogP contribution < -0.4 is 0 Å². The number of hydrogen-bond acceptors (Lipinski definition) is 1. The molecule has 2 heteroatoms. The summed E-state index contributed by atoms with van der Waals surface area (Å²) in [4.78, 5) is 0. The molecular weight excluding hydrogens is 259 g/mol. The van der Waals surface area contributed by atoms with Gasteiger partial charge < -0.3 is 3.79 Å². The van der Waals surface area contributed by atoms with Crippen molar-refractivity contribution in [3.63, 3.8) is 0 Å². The van der Waals surface area contributed by atoms with E-state index in [1.165, 1.54) is 87.6 Å². The van der Waals surface area contributed by atoms with E-state index in [-0.39, 0.29) is 0 Å². The molecule has 0 bridgehead atoms. The second-order valence-corrected chi connectivity index (χ2v) is 8.92. The van der Waals surface area contributed by atoms with Crippen molar-refractivity contribution < 1.29 is 3.79 Å². The molecule has 0 fully saturated rings. The van der Waals surface area contributed by atoms with Crippen LogP contribution >= 0.6 is 0 Å². The van der Waals surface area contributed by atoms with Crippen molar-refractivity contribution >= 4 is 14.5 Å². The van der Waals surface area contributed by atoms with Crippen LogP contribution in [0.4, 0.5) is 0 Å². The van der Waals surface area contributed by atoms with E-state index in [2.05, 4.69) is 20.8 Å². The van der Waals surface area contributed by atoms with Crippen LogP contribution in [0.25, 0.3) is 0 Å². The minimum absolute atomic E-state index is 0.851. The van der Waals surface area contributed by atoms with Crippen molar-refractivity contribution in [2.75, 3.05) is 6.61 Å². The molecule has 1 nitrogen and oxygen atoms in total. The van der Waals surface area contributed by atoms with Crippen LogP contribution in [0.2, 0.25) is 10.6 Å². The van der Waals surface area contributed by atoms with E-state index in [1.54, 1.807) is 0 Å². The Labute approximate surface area is 133 Å². The Kier molecular flexibility index (Phi) is 18.0. The van der Waals surface area contributed by atoms with E-state index in [0.29, 0.717) is 0 Å². The van der Waals surface area contributed by atoms with Crippen molar-refractivity contribution in [2.24, 2.45) is 0 Å². The lowest BCUT2D eigenvalue weighted by Gasteiger charge is -2.11. The topological polar surface area (TPSA) is 9.23 Å². The zero-order valence-electron chi connectivity index (χ0n) is 14.6. The molecule has 0 unspecified atom stereocenters. The fourth-order valence-electron chi connectivity index (χ4n) is 2.85. The van der Waals surface area contributed by atoms with Gasteiger partial charge in [0.1, 0.15) is 0 Å². The van der Waals surface area contributed by atoms with Gasteiger partial charge >= 0.3 is 14.5 Å². The first-order valence-corrected chi connectivity index (χ1v) is 11.6. The molecule has 0 heterocycles. The molecule has 0 aliphatic rings. The third kappa shape index (κ3) is 14.9. The molecule has 0 rings (SSSR count). The number of unbranched alkanes of at least 4 members (excludes halogenated alkanes) is 10. The Balaban J connectivity index is 3.45. The van der Waals surface area contributed by atoms with Gasteiger partial charge in [0.2, 0.25) is 0 Å². The Bertz CT molecular complexity index is 157. The third-order valence-electron chi connectivity index (χ3n) is 4.16. The van der Waals surface area contributed by atoms with Gasteiger partial charge in [0.25, 0.3) is 0 Å². The molecule has 0 aromatic heterocycles. The van der Waals surface area contributed by atoms with Crippen LogP contribution in [0, 0.1) is 0 Å². The zero-order valence-corrected chi connectivity index (χ0v) is 15.7. The summed E-state index contributed by atoms with van der Waals surface area (Å²) < 4.78 is 6.04. The monoisotopic (exact) mass is 298 g/mol. The maximum atomic E-state index is 6.04. The van der Waals surface area contributed by atoms with E-state index in [1.807, 2.05) is 0 Å². The van der Waals surface area contributed by atoms with Crippen molar-refractivity contribution in [3.8, 4) is 0 Å². The summed E-state index contributed by atoms with van der Waals surface area (Å²) in [6, 6.07) is 0. The lowest BCUT2D eigenvalue weighted by molar-refractivity contribution is 0.338. The molecule has 0 radical (unpaired) electrons. The summed E-state index contributed by atoms with van der Waals surface area (Å²) in [6.45, 7) is 7.70. The molecule has 0 aromatic rings. The molecule has 0 atom stereocenters. The van der Waals surface area contributed by atoms with E-state index in [4.69, 9.17) is 3.79 Å². The predicted octanol–water partition coefficient (Wildman–Crippen LogP) is 6.74. The molecule has 0 N–H and O–H groups in total. The molecule has 0 aromatic carbocycles. The lowest BCUT2D eigenvalue weighted by atomic mass is 10.1. The van der Waals surface area contributed by atoms with Crippen LogP contribution in [0.3, 0.4) is 0 Å². The van der Waals surface area contributed by atoms with E-state index >= 15 is 0 Å². The van der Waals surface area contributed by atoms with Crippen LogP contribution in [0.5, 0.6) is 0 Å². The summed E-state index contributed by atoms with van der Waals surface area (Å²) in [5.74, 6) is 0. The standard InChI is InChI=1S/2C8H17.C2H5O.Al/c2*1-3-5-7-8-6-4-2;1-2-3;/h2*1,3-8H2,2H3;2H2,1H3;/q;;-1;+1. The Morgan fingerprint density at radius 3 is 1.35 bits per heavy atom. The van der Waals surface area contributed by atoms with E-state index in [9.17, 15) is 0 Å². The van der Waals surface area contributed by atoms with Crippen LogP contribution in [-0.2, 0) is 3.79 Å². The molecule has 0 spiro atoms. The second kappa shape index (κ2) is 17.5. The summed E-state index contributed by atoms with van der Waals surface area (Å²) in [5.41, 5.74) is 0. The Morgan fingerprint density at radius 1 is 0.550 bits per heavy atom. The minimum atomic E-state index is -0.851. The van der Waals surface area contributed by atoms with E-state index in [0.717, 1.165) is 6.61 Å². The minimum Gasteiger partial charge on any atom is -0.501 e. The molecular formula is C18H39AlO. The fourth-order valence-corrected chi connectivity index (χ4v) is 5.43. The Hall–Kier alpha value is 0.492. The van der Waals surface area contributed by atoms with Gasteiger partial charge in [-0.3, -0.25) is 0 Å². The maximum Gasteiger partial charge on any atom is 0.460 e. The smallest absolute Gasteiger partial charge is 0.460 e. The van der Waals surface area contributed by atoms with Crippen molar-refractivity contribution in [1.29, 1.82) is 0 Å². The van der Waals surface area contributed by atoms with Gasteiger partial charge in [-0.25, -0.2) is 0 Å². The highest BCUT2D eigenvalue weighted by Crippen LogP contribution is 2.15. The van der Waals surface area contributed by atoms with Crippen LogP contribution in [-0.4, -0.2) is 21.1 Å². The van der Waals surface area contributed by atoms with Gasteiger partial charge in [-0.15, -0.1) is 0 Å². The molecule has 0 amide bonds. The molecule has 20 heavy (non-hydrogen) atoms. The summed E-state index contributed by atoms with van der Waals surface area (Å²) in [6.07, 6.45) is 17.0. The van der Waals surface area contributed by atoms with Gasteiger partial charge in [0.15, 0.2) is 0 Å². The largest absolute Gasteiger partial charge is 0.501 e. The first-order chi connectivity index (χ1) is 9.85. The second-order valence-electron chi connectivity index (χ2n) is 6.19. The normalized spacial score (nSPS) is 10.9. The Morgan fingerprint density at radius 2 is 0.950 bits per heavy atom. The molecule has 0 saturated carbocycles. The van der Waals surface area contributed by atoms with Crippen LogP contribution in [0.1, 0.15) is 97.8 Å². The van der Waals surface area contributed by atoms with Gasteiger partial charge in [-0.05, 0) is 6.92 Å². The first-order valence-electron chi connectivity index (χ1n) is 9.46. The summed E-state index contributed by atoms with van der Waals surface area (Å²) >= 11 is -0.851. The lowest BCUT2D eigenvalue weighted by Crippen LogP contribution is -2.17. The zero-order chi connectivity index (χ0) is 14.9. The van der Waals surface area contributed by atoms with Crippen LogP contribution in [0.15, 0.2) is 0 Å². The highest BCUT2D eigenvalue weighted by atomic mass is 27.2. The quantitative estimate of drug-likeness (QED) is 0.226. The van der Waals surface area contributed by atoms with Crippen molar-refractivity contribution in [2.45, 2.75) is 108 Å². The highest BCUT2D eigenvalue weighted by molar-refractivity contribution is 6.51. The van der Waals surface area contributed by atoms with Gasteiger partial charge in [-0.1, -0.05) is 101 Å². The van der Waals surface area contributed by atoms with Gasteiger partial charge in [-0.2, -0.15) is 0 Å². The maximum absolute atomic E-state index is 6.04. The highest BCUT2D eigenvalue weighted by Gasteiger charge is 2.18. The predicted molar refractivity (Wildman–Crippen MR) is 93.7 cm³/mol. The number of rotatable bonds is 16. The number of hydrogen-bond donors (Lipinski definition) is 0. The summed E-state index contributed by atoms with van der Waals surface area (Å²) in [7, 11) is 0. The third-order valence-corrected chi connectivity index (χ3v) is 7.07. The molecule has 0 saturated heterocycles. The SMILES string of the molecule is CCCCCCC[CH2][Al]([CH2]CCCCCCC)[O]CC. The van der Waals surface area contributed by atoms with Crippen molar-refractivity contribution in [3.05, 3.63) is 0 Å². The van der Waals surface area contributed by atoms with Crippen molar-refractivity contribution in [1.82, 2.24) is 0 Å². The first kappa shape index (κ1) is 20.5.